The number of carboxylic acid groups (broad SMARTS) is 1. The molecule has 0 aliphatic heterocycles. The number of nitrogens with zero attached hydrogens (tertiary/aromatic N) is 2. The third-order valence-electron chi connectivity index (χ3n) is 3.41. The number of nitrogens with two attached hydrogens (primary N) is 1. The summed E-state index contributed by atoms with van der Waals surface area (Å²) in [6, 6.07) is 1.40. The average Bonchev–Trinajstić information content (AvgIpc) is 3.17. The standard InChI is InChI=1S/C12H14ClN3O4/c1-16(11(18)19)12(2-3-12)6-20-7-4-8(10(14)17)9(13)15-5-7/h4-5H,2-3,6H2,1H3,(H2,14,17)(H,18,19). The van der Waals surface area contributed by atoms with Crippen LogP contribution in [0.15, 0.2) is 12.3 Å². The van der Waals surface area contributed by atoms with Gasteiger partial charge in [-0.2, -0.15) is 0 Å². The molecule has 8 heteroatoms. The van der Waals surface area contributed by atoms with Crippen molar-refractivity contribution >= 4 is 23.6 Å². The summed E-state index contributed by atoms with van der Waals surface area (Å²) in [6.45, 7) is 0.192. The van der Waals surface area contributed by atoms with Gasteiger partial charge in [-0.1, -0.05) is 11.6 Å². The Morgan fingerprint density at radius 2 is 2.25 bits per heavy atom. The second-order valence-corrected chi connectivity index (χ2v) is 5.09. The zero-order valence-corrected chi connectivity index (χ0v) is 11.6. The Morgan fingerprint density at radius 1 is 1.60 bits per heavy atom. The topological polar surface area (TPSA) is 106 Å². The van der Waals surface area contributed by atoms with Crippen LogP contribution in [0.1, 0.15) is 23.2 Å². The molecule has 1 aromatic heterocycles. The Kier molecular flexibility index (Phi) is 3.71. The number of carbonyl (C=O) groups is 2. The number of carbonyl (C=O) groups excluding carboxylic acids is 1. The molecule has 0 radical (unpaired) electrons. The summed E-state index contributed by atoms with van der Waals surface area (Å²) in [7, 11) is 1.51. The minimum atomic E-state index is -1.00. The zero-order valence-electron chi connectivity index (χ0n) is 10.8. The lowest BCUT2D eigenvalue weighted by atomic mass is 10.2. The van der Waals surface area contributed by atoms with E-state index in [2.05, 4.69) is 4.98 Å². The lowest BCUT2D eigenvalue weighted by Crippen LogP contribution is -2.42. The number of pyridine rings is 1. The molecule has 1 aliphatic carbocycles. The van der Waals surface area contributed by atoms with Gasteiger partial charge in [-0.25, -0.2) is 9.78 Å². The second-order valence-electron chi connectivity index (χ2n) is 4.73. The molecule has 0 spiro atoms. The normalized spacial score (nSPS) is 15.5. The van der Waals surface area contributed by atoms with Crippen LogP contribution in [-0.4, -0.2) is 46.2 Å². The monoisotopic (exact) mass is 299 g/mol. The van der Waals surface area contributed by atoms with Gasteiger partial charge in [0.1, 0.15) is 17.5 Å². The van der Waals surface area contributed by atoms with E-state index in [1.807, 2.05) is 0 Å². The third-order valence-corrected chi connectivity index (χ3v) is 3.71. The van der Waals surface area contributed by atoms with Crippen molar-refractivity contribution in [2.45, 2.75) is 18.4 Å². The molecule has 2 rings (SSSR count). The van der Waals surface area contributed by atoms with Crippen molar-refractivity contribution in [1.82, 2.24) is 9.88 Å². The van der Waals surface area contributed by atoms with Gasteiger partial charge in [0.15, 0.2) is 0 Å². The number of ether oxygens (including phenoxy) is 1. The molecule has 0 atom stereocenters. The van der Waals surface area contributed by atoms with E-state index in [0.29, 0.717) is 5.75 Å². The quantitative estimate of drug-likeness (QED) is 0.798. The predicted octanol–water partition coefficient (Wildman–Crippen LogP) is 1.36. The fourth-order valence-electron chi connectivity index (χ4n) is 1.82. The van der Waals surface area contributed by atoms with Crippen LogP contribution in [0.25, 0.3) is 0 Å². The summed E-state index contributed by atoms with van der Waals surface area (Å²) in [5.41, 5.74) is 4.73. The van der Waals surface area contributed by atoms with Crippen molar-refractivity contribution in [3.8, 4) is 5.75 Å². The Hall–Kier alpha value is -2.02. The Balaban J connectivity index is 2.07. The Labute approximate surface area is 120 Å². The van der Waals surface area contributed by atoms with Crippen LogP contribution in [0.5, 0.6) is 5.75 Å². The summed E-state index contributed by atoms with van der Waals surface area (Å²) in [4.78, 5) is 27.2. The van der Waals surface area contributed by atoms with E-state index >= 15 is 0 Å². The van der Waals surface area contributed by atoms with Crippen molar-refractivity contribution in [2.24, 2.45) is 5.73 Å². The van der Waals surface area contributed by atoms with Crippen molar-refractivity contribution in [1.29, 1.82) is 0 Å². The number of halogens is 1. The maximum absolute atomic E-state index is 11.1. The summed E-state index contributed by atoms with van der Waals surface area (Å²) < 4.78 is 5.52. The highest BCUT2D eigenvalue weighted by molar-refractivity contribution is 6.32. The number of rotatable bonds is 5. The molecule has 1 aromatic rings. The summed E-state index contributed by atoms with van der Waals surface area (Å²) in [5.74, 6) is -0.370. The Bertz CT molecular complexity index is 560. The van der Waals surface area contributed by atoms with Gasteiger partial charge in [0, 0.05) is 7.05 Å². The highest BCUT2D eigenvalue weighted by Gasteiger charge is 2.49. The molecule has 2 amide bonds. The van der Waals surface area contributed by atoms with E-state index in [9.17, 15) is 9.59 Å². The fraction of sp³-hybridized carbons (Fsp3) is 0.417. The lowest BCUT2D eigenvalue weighted by molar-refractivity contribution is 0.0999. The van der Waals surface area contributed by atoms with Gasteiger partial charge >= 0.3 is 6.09 Å². The van der Waals surface area contributed by atoms with E-state index in [1.165, 1.54) is 24.2 Å². The van der Waals surface area contributed by atoms with Gasteiger partial charge in [-0.15, -0.1) is 0 Å². The van der Waals surface area contributed by atoms with Gasteiger partial charge in [0.25, 0.3) is 5.91 Å². The molecule has 0 aromatic carbocycles. The molecule has 0 bridgehead atoms. The van der Waals surface area contributed by atoms with E-state index in [0.717, 1.165) is 12.8 Å². The molecule has 3 N–H and O–H groups in total. The van der Waals surface area contributed by atoms with Crippen LogP contribution < -0.4 is 10.5 Å². The molecule has 1 fully saturated rings. The van der Waals surface area contributed by atoms with Gasteiger partial charge in [-0.05, 0) is 18.9 Å². The molecular formula is C12H14ClN3O4. The zero-order chi connectivity index (χ0) is 14.9. The van der Waals surface area contributed by atoms with Crippen LogP contribution in [0, 0.1) is 0 Å². The van der Waals surface area contributed by atoms with Crippen LogP contribution in [0.2, 0.25) is 5.15 Å². The Morgan fingerprint density at radius 3 is 2.75 bits per heavy atom. The van der Waals surface area contributed by atoms with Crippen LogP contribution >= 0.6 is 11.6 Å². The number of primary amides is 1. The second kappa shape index (κ2) is 5.16. The number of likely N-dealkylation sites (N-methyl/N-ethyl adjacent to an activating group) is 1. The highest BCUT2D eigenvalue weighted by atomic mass is 35.5. The minimum absolute atomic E-state index is 0.00800. The number of aromatic nitrogens is 1. The number of hydrogen-bond acceptors (Lipinski definition) is 4. The van der Waals surface area contributed by atoms with E-state index < -0.39 is 17.5 Å². The smallest absolute Gasteiger partial charge is 0.407 e. The van der Waals surface area contributed by atoms with Gasteiger partial charge < -0.3 is 20.5 Å². The largest absolute Gasteiger partial charge is 0.489 e. The molecular weight excluding hydrogens is 286 g/mol. The molecule has 7 nitrogen and oxygen atoms in total. The van der Waals surface area contributed by atoms with Gasteiger partial charge in [0.2, 0.25) is 0 Å². The molecule has 1 heterocycles. The first-order chi connectivity index (χ1) is 9.35. The van der Waals surface area contributed by atoms with Crippen molar-refractivity contribution in [3.05, 3.63) is 23.0 Å². The number of hydrogen-bond donors (Lipinski definition) is 2. The van der Waals surface area contributed by atoms with E-state index in [-0.39, 0.29) is 17.3 Å². The molecule has 0 unspecified atom stereocenters. The summed E-state index contributed by atoms with van der Waals surface area (Å²) in [6.07, 6.45) is 1.84. The fourth-order valence-corrected chi connectivity index (χ4v) is 2.02. The van der Waals surface area contributed by atoms with Crippen LogP contribution in [0.3, 0.4) is 0 Å². The molecule has 1 saturated carbocycles. The first-order valence-electron chi connectivity index (χ1n) is 5.91. The van der Waals surface area contributed by atoms with Gasteiger partial charge in [-0.3, -0.25) is 4.79 Å². The average molecular weight is 300 g/mol. The molecule has 1 aliphatic rings. The maximum Gasteiger partial charge on any atom is 0.407 e. The van der Waals surface area contributed by atoms with E-state index in [1.54, 1.807) is 0 Å². The molecule has 0 saturated heterocycles. The van der Waals surface area contributed by atoms with Crippen LogP contribution in [-0.2, 0) is 0 Å². The van der Waals surface area contributed by atoms with Crippen molar-refractivity contribution in [2.75, 3.05) is 13.7 Å². The van der Waals surface area contributed by atoms with Crippen molar-refractivity contribution < 1.29 is 19.4 Å². The minimum Gasteiger partial charge on any atom is -0.489 e. The lowest BCUT2D eigenvalue weighted by Gasteiger charge is -2.25. The molecule has 20 heavy (non-hydrogen) atoms. The summed E-state index contributed by atoms with van der Waals surface area (Å²) >= 11 is 5.73. The van der Waals surface area contributed by atoms with Crippen molar-refractivity contribution in [3.63, 3.8) is 0 Å². The number of amides is 2. The third kappa shape index (κ3) is 2.77. The van der Waals surface area contributed by atoms with Crippen LogP contribution in [0.4, 0.5) is 4.79 Å². The maximum atomic E-state index is 11.1. The summed E-state index contributed by atoms with van der Waals surface area (Å²) in [5, 5.41) is 9.00. The molecule has 108 valence electrons. The SMILES string of the molecule is CN(C(=O)O)C1(COc2cnc(Cl)c(C(N)=O)c2)CC1. The van der Waals surface area contributed by atoms with Gasteiger partial charge in [0.05, 0.1) is 17.3 Å². The highest BCUT2D eigenvalue weighted by Crippen LogP contribution is 2.41. The predicted molar refractivity (Wildman–Crippen MR) is 71.0 cm³/mol. The first kappa shape index (κ1) is 14.4. The van der Waals surface area contributed by atoms with E-state index in [4.69, 9.17) is 27.2 Å². The first-order valence-corrected chi connectivity index (χ1v) is 6.28.